The second-order valence-electron chi connectivity index (χ2n) is 4.58. The minimum Gasteiger partial charge on any atom is -0.504 e. The Morgan fingerprint density at radius 3 is 2.58 bits per heavy atom. The summed E-state index contributed by atoms with van der Waals surface area (Å²) in [6.45, 7) is 6.28. The van der Waals surface area contributed by atoms with Crippen LogP contribution in [0.3, 0.4) is 0 Å². The van der Waals surface area contributed by atoms with Crippen LogP contribution in [0.15, 0.2) is 18.2 Å². The highest BCUT2D eigenvalue weighted by Crippen LogP contribution is 2.30. The van der Waals surface area contributed by atoms with Gasteiger partial charge in [-0.3, -0.25) is 4.79 Å². The minimum absolute atomic E-state index is 0.0760. The summed E-state index contributed by atoms with van der Waals surface area (Å²) < 4.78 is 5.03. The van der Waals surface area contributed by atoms with E-state index in [1.165, 1.54) is 7.11 Å². The van der Waals surface area contributed by atoms with Gasteiger partial charge in [0.2, 0.25) is 0 Å². The van der Waals surface area contributed by atoms with Gasteiger partial charge in [-0.2, -0.15) is 0 Å². The molecule has 0 aliphatic carbocycles. The largest absolute Gasteiger partial charge is 0.504 e. The summed E-state index contributed by atoms with van der Waals surface area (Å²) in [4.78, 5) is 16.5. The number of carbonyl (C=O) groups is 1. The number of benzene rings is 1. The van der Waals surface area contributed by atoms with Crippen LogP contribution in [0.5, 0.6) is 11.5 Å². The Labute approximate surface area is 113 Å². The number of phenolic OH excluding ortho intramolecular Hbond substituents is 1. The first-order chi connectivity index (χ1) is 9.17. The van der Waals surface area contributed by atoms with Crippen LogP contribution < -0.4 is 4.74 Å². The minimum atomic E-state index is -0.132. The van der Waals surface area contributed by atoms with Gasteiger partial charge in [0.15, 0.2) is 11.5 Å². The highest BCUT2D eigenvalue weighted by molar-refractivity contribution is 5.97. The third-order valence-corrected chi connectivity index (χ3v) is 3.56. The molecule has 1 aromatic carbocycles. The molecule has 0 bridgehead atoms. The molecule has 0 aromatic heterocycles. The van der Waals surface area contributed by atoms with Gasteiger partial charge < -0.3 is 19.6 Å². The van der Waals surface area contributed by atoms with E-state index in [9.17, 15) is 9.90 Å². The lowest BCUT2D eigenvalue weighted by molar-refractivity contribution is 0.0640. The second-order valence-corrected chi connectivity index (χ2v) is 4.58. The number of aromatic hydroxyl groups is 1. The van der Waals surface area contributed by atoms with E-state index in [4.69, 9.17) is 4.74 Å². The van der Waals surface area contributed by atoms with Gasteiger partial charge in [-0.25, -0.2) is 0 Å². The monoisotopic (exact) mass is 264 g/mol. The Morgan fingerprint density at radius 2 is 2.00 bits per heavy atom. The van der Waals surface area contributed by atoms with Crippen LogP contribution in [0, 0.1) is 0 Å². The van der Waals surface area contributed by atoms with Gasteiger partial charge in [0.05, 0.1) is 12.7 Å². The topological polar surface area (TPSA) is 53.0 Å². The normalized spacial score (nSPS) is 16.4. The van der Waals surface area contributed by atoms with Crippen molar-refractivity contribution < 1.29 is 14.6 Å². The van der Waals surface area contributed by atoms with Crippen molar-refractivity contribution in [2.75, 3.05) is 39.8 Å². The molecule has 1 N–H and O–H groups in total. The van der Waals surface area contributed by atoms with E-state index in [-0.39, 0.29) is 11.7 Å². The van der Waals surface area contributed by atoms with Gasteiger partial charge >= 0.3 is 0 Å². The number of piperazine rings is 1. The number of hydrogen-bond donors (Lipinski definition) is 1. The van der Waals surface area contributed by atoms with Crippen molar-refractivity contribution in [1.82, 2.24) is 9.80 Å². The fourth-order valence-electron chi connectivity index (χ4n) is 2.30. The molecule has 0 radical (unpaired) electrons. The van der Waals surface area contributed by atoms with Gasteiger partial charge in [-0.05, 0) is 18.7 Å². The molecular formula is C14H20N2O3. The fraction of sp³-hybridized carbons (Fsp3) is 0.500. The summed E-state index contributed by atoms with van der Waals surface area (Å²) in [5, 5.41) is 10.0. The number of likely N-dealkylation sites (N-methyl/N-ethyl adjacent to an activating group) is 1. The number of hydrogen-bond acceptors (Lipinski definition) is 4. The molecule has 104 valence electrons. The SMILES string of the molecule is CCN1CCN(C(=O)c2cccc(OC)c2O)CC1. The Hall–Kier alpha value is -1.75. The van der Waals surface area contributed by atoms with E-state index in [2.05, 4.69) is 11.8 Å². The molecule has 1 aromatic rings. The van der Waals surface area contributed by atoms with Crippen molar-refractivity contribution in [1.29, 1.82) is 0 Å². The van der Waals surface area contributed by atoms with Crippen molar-refractivity contribution in [3.05, 3.63) is 23.8 Å². The molecule has 1 fully saturated rings. The van der Waals surface area contributed by atoms with Crippen molar-refractivity contribution in [2.24, 2.45) is 0 Å². The lowest BCUT2D eigenvalue weighted by atomic mass is 10.1. The van der Waals surface area contributed by atoms with Crippen LogP contribution in [0.25, 0.3) is 0 Å². The number of ether oxygens (including phenoxy) is 1. The molecule has 5 heteroatoms. The van der Waals surface area contributed by atoms with Crippen molar-refractivity contribution >= 4 is 5.91 Å². The van der Waals surface area contributed by atoms with Gasteiger partial charge in [0.25, 0.3) is 5.91 Å². The number of rotatable bonds is 3. The van der Waals surface area contributed by atoms with Gasteiger partial charge in [0.1, 0.15) is 0 Å². The predicted molar refractivity (Wildman–Crippen MR) is 72.7 cm³/mol. The summed E-state index contributed by atoms with van der Waals surface area (Å²) in [6, 6.07) is 4.99. The Kier molecular flexibility index (Phi) is 4.27. The number of methoxy groups -OCH3 is 1. The molecule has 0 spiro atoms. The molecule has 5 nitrogen and oxygen atoms in total. The summed E-state index contributed by atoms with van der Waals surface area (Å²) in [5.41, 5.74) is 0.310. The lowest BCUT2D eigenvalue weighted by Crippen LogP contribution is -2.48. The standard InChI is InChI=1S/C14H20N2O3/c1-3-15-7-9-16(10-8-15)14(18)11-5-4-6-12(19-2)13(11)17/h4-6,17H,3,7-10H2,1-2H3. The molecular weight excluding hydrogens is 244 g/mol. The zero-order chi connectivity index (χ0) is 13.8. The molecule has 1 saturated heterocycles. The molecule has 0 saturated carbocycles. The van der Waals surface area contributed by atoms with Crippen LogP contribution >= 0.6 is 0 Å². The highest BCUT2D eigenvalue weighted by Gasteiger charge is 2.24. The number of para-hydroxylation sites is 1. The van der Waals surface area contributed by atoms with E-state index in [0.29, 0.717) is 24.4 Å². The number of carbonyl (C=O) groups excluding carboxylic acids is 1. The van der Waals surface area contributed by atoms with Crippen molar-refractivity contribution in [3.8, 4) is 11.5 Å². The van der Waals surface area contributed by atoms with Gasteiger partial charge in [-0.15, -0.1) is 0 Å². The van der Waals surface area contributed by atoms with E-state index < -0.39 is 0 Å². The van der Waals surface area contributed by atoms with Crippen LogP contribution in [0.4, 0.5) is 0 Å². The van der Waals surface area contributed by atoms with E-state index in [0.717, 1.165) is 19.6 Å². The maximum atomic E-state index is 12.4. The second kappa shape index (κ2) is 5.93. The summed E-state index contributed by atoms with van der Waals surface area (Å²) in [7, 11) is 1.48. The van der Waals surface area contributed by atoms with E-state index in [1.807, 2.05) is 0 Å². The number of amides is 1. The average molecular weight is 264 g/mol. The summed E-state index contributed by atoms with van der Waals surface area (Å²) >= 11 is 0. The third-order valence-electron chi connectivity index (χ3n) is 3.56. The Balaban J connectivity index is 2.12. The summed E-state index contributed by atoms with van der Waals surface area (Å²) in [6.07, 6.45) is 0. The number of nitrogens with zero attached hydrogens (tertiary/aromatic N) is 2. The van der Waals surface area contributed by atoms with Crippen LogP contribution in [0.2, 0.25) is 0 Å². The van der Waals surface area contributed by atoms with Crippen molar-refractivity contribution in [2.45, 2.75) is 6.92 Å². The first-order valence-corrected chi connectivity index (χ1v) is 6.55. The van der Waals surface area contributed by atoms with Crippen LogP contribution in [0.1, 0.15) is 17.3 Å². The fourth-order valence-corrected chi connectivity index (χ4v) is 2.30. The van der Waals surface area contributed by atoms with Gasteiger partial charge in [-0.1, -0.05) is 13.0 Å². The van der Waals surface area contributed by atoms with Crippen LogP contribution in [-0.2, 0) is 0 Å². The van der Waals surface area contributed by atoms with Crippen molar-refractivity contribution in [3.63, 3.8) is 0 Å². The quantitative estimate of drug-likeness (QED) is 0.890. The molecule has 1 aliphatic heterocycles. The first-order valence-electron chi connectivity index (χ1n) is 6.55. The highest BCUT2D eigenvalue weighted by atomic mass is 16.5. The molecule has 0 unspecified atom stereocenters. The Bertz CT molecular complexity index is 454. The number of phenols is 1. The zero-order valence-electron chi connectivity index (χ0n) is 11.4. The molecule has 1 aliphatic rings. The molecule has 1 amide bonds. The molecule has 19 heavy (non-hydrogen) atoms. The predicted octanol–water partition coefficient (Wildman–Crippen LogP) is 1.18. The average Bonchev–Trinajstić information content (AvgIpc) is 2.47. The smallest absolute Gasteiger partial charge is 0.257 e. The molecule has 0 atom stereocenters. The van der Waals surface area contributed by atoms with E-state index in [1.54, 1.807) is 23.1 Å². The van der Waals surface area contributed by atoms with Crippen LogP contribution in [-0.4, -0.2) is 60.6 Å². The first kappa shape index (κ1) is 13.7. The zero-order valence-corrected chi connectivity index (χ0v) is 11.4. The van der Waals surface area contributed by atoms with E-state index >= 15 is 0 Å². The summed E-state index contributed by atoms with van der Waals surface area (Å²) in [5.74, 6) is 0.123. The van der Waals surface area contributed by atoms with Gasteiger partial charge in [0, 0.05) is 26.2 Å². The maximum Gasteiger partial charge on any atom is 0.257 e. The molecule has 1 heterocycles. The maximum absolute atomic E-state index is 12.4. The third kappa shape index (κ3) is 2.81. The molecule has 2 rings (SSSR count). The lowest BCUT2D eigenvalue weighted by Gasteiger charge is -2.34. The Morgan fingerprint density at radius 1 is 1.32 bits per heavy atom.